The zero-order chi connectivity index (χ0) is 21.1. The maximum Gasteiger partial charge on any atom is 0.262 e. The SMILES string of the molecule is COc1cc(CNCCCCCO)cc(Cl)c1OCC(=O)Nc1ccc(C)cc1. The number of rotatable bonds is 12. The summed E-state index contributed by atoms with van der Waals surface area (Å²) in [4.78, 5) is 12.2. The number of aliphatic hydroxyl groups excluding tert-OH is 1. The average Bonchev–Trinajstić information content (AvgIpc) is 2.71. The molecule has 0 fully saturated rings. The van der Waals surface area contributed by atoms with E-state index in [4.69, 9.17) is 26.2 Å². The summed E-state index contributed by atoms with van der Waals surface area (Å²) in [5.74, 6) is 0.554. The molecule has 0 aromatic heterocycles. The first kappa shape index (κ1) is 23.0. The van der Waals surface area contributed by atoms with Crippen LogP contribution in [0, 0.1) is 6.92 Å². The van der Waals surface area contributed by atoms with Gasteiger partial charge in [-0.15, -0.1) is 0 Å². The maximum atomic E-state index is 12.2. The van der Waals surface area contributed by atoms with E-state index in [9.17, 15) is 4.79 Å². The molecule has 0 spiro atoms. The molecule has 0 saturated carbocycles. The fraction of sp³-hybridized carbons (Fsp3) is 0.409. The second-order valence-electron chi connectivity index (χ2n) is 6.77. The third-order valence-corrected chi connectivity index (χ3v) is 4.59. The largest absolute Gasteiger partial charge is 0.493 e. The van der Waals surface area contributed by atoms with Crippen LogP contribution in [-0.2, 0) is 11.3 Å². The van der Waals surface area contributed by atoms with Crippen molar-refractivity contribution in [2.24, 2.45) is 0 Å². The number of carbonyl (C=O) groups is 1. The third-order valence-electron chi connectivity index (χ3n) is 4.31. The Balaban J connectivity index is 1.89. The van der Waals surface area contributed by atoms with Crippen LogP contribution in [0.15, 0.2) is 36.4 Å². The van der Waals surface area contributed by atoms with E-state index in [-0.39, 0.29) is 19.1 Å². The van der Waals surface area contributed by atoms with Gasteiger partial charge >= 0.3 is 0 Å². The molecule has 0 bridgehead atoms. The molecule has 2 rings (SSSR count). The number of benzene rings is 2. The van der Waals surface area contributed by atoms with Gasteiger partial charge in [-0.3, -0.25) is 4.79 Å². The summed E-state index contributed by atoms with van der Waals surface area (Å²) in [7, 11) is 1.54. The number of ether oxygens (including phenoxy) is 2. The number of unbranched alkanes of at least 4 members (excludes halogenated alkanes) is 2. The van der Waals surface area contributed by atoms with E-state index >= 15 is 0 Å². The summed E-state index contributed by atoms with van der Waals surface area (Å²) in [6.07, 6.45) is 2.82. The van der Waals surface area contributed by atoms with Crippen molar-refractivity contribution >= 4 is 23.2 Å². The zero-order valence-corrected chi connectivity index (χ0v) is 17.7. The number of nitrogens with one attached hydrogen (secondary N) is 2. The number of halogens is 1. The monoisotopic (exact) mass is 420 g/mol. The predicted octanol–water partition coefficient (Wildman–Crippen LogP) is 3.93. The molecule has 3 N–H and O–H groups in total. The lowest BCUT2D eigenvalue weighted by atomic mass is 10.2. The number of aryl methyl sites for hydroxylation is 1. The van der Waals surface area contributed by atoms with Crippen molar-refractivity contribution in [3.05, 3.63) is 52.5 Å². The topological polar surface area (TPSA) is 79.8 Å². The first-order chi connectivity index (χ1) is 14.0. The van der Waals surface area contributed by atoms with E-state index in [0.717, 1.165) is 36.9 Å². The molecule has 0 atom stereocenters. The van der Waals surface area contributed by atoms with Crippen molar-refractivity contribution < 1.29 is 19.4 Å². The van der Waals surface area contributed by atoms with Crippen LogP contribution in [0.3, 0.4) is 0 Å². The molecular formula is C22H29ClN2O4. The normalized spacial score (nSPS) is 10.6. The Kier molecular flexibility index (Phi) is 9.77. The molecule has 0 unspecified atom stereocenters. The third kappa shape index (κ3) is 7.93. The van der Waals surface area contributed by atoms with Gasteiger partial charge in [0.15, 0.2) is 18.1 Å². The molecule has 158 valence electrons. The molecule has 0 aliphatic heterocycles. The Morgan fingerprint density at radius 3 is 2.59 bits per heavy atom. The van der Waals surface area contributed by atoms with Crippen LogP contribution in [0.4, 0.5) is 5.69 Å². The van der Waals surface area contributed by atoms with Crippen LogP contribution in [0.25, 0.3) is 0 Å². The predicted molar refractivity (Wildman–Crippen MR) is 116 cm³/mol. The number of carbonyl (C=O) groups excluding carboxylic acids is 1. The number of aliphatic hydroxyl groups is 1. The summed E-state index contributed by atoms with van der Waals surface area (Å²) in [6.45, 7) is 3.55. The Labute approximate surface area is 177 Å². The van der Waals surface area contributed by atoms with E-state index in [1.165, 1.54) is 7.11 Å². The van der Waals surface area contributed by atoms with Crippen molar-refractivity contribution in [3.8, 4) is 11.5 Å². The zero-order valence-electron chi connectivity index (χ0n) is 17.0. The quantitative estimate of drug-likeness (QED) is 0.453. The van der Waals surface area contributed by atoms with Gasteiger partial charge in [-0.1, -0.05) is 29.3 Å². The molecule has 6 nitrogen and oxygen atoms in total. The lowest BCUT2D eigenvalue weighted by Crippen LogP contribution is -2.20. The molecule has 2 aromatic carbocycles. The highest BCUT2D eigenvalue weighted by atomic mass is 35.5. The van der Waals surface area contributed by atoms with E-state index in [0.29, 0.717) is 28.8 Å². The number of hydrogen-bond donors (Lipinski definition) is 3. The summed E-state index contributed by atoms with van der Waals surface area (Å²) < 4.78 is 11.0. The lowest BCUT2D eigenvalue weighted by molar-refractivity contribution is -0.118. The highest BCUT2D eigenvalue weighted by molar-refractivity contribution is 6.32. The Bertz CT molecular complexity index is 781. The molecule has 0 aliphatic rings. The minimum absolute atomic E-state index is 0.174. The minimum Gasteiger partial charge on any atom is -0.493 e. The van der Waals surface area contributed by atoms with Crippen LogP contribution in [-0.4, -0.2) is 37.9 Å². The van der Waals surface area contributed by atoms with Gasteiger partial charge in [0.1, 0.15) is 0 Å². The molecule has 7 heteroatoms. The van der Waals surface area contributed by atoms with E-state index in [1.807, 2.05) is 37.3 Å². The Hall–Kier alpha value is -2.28. The number of hydrogen-bond acceptors (Lipinski definition) is 5. The van der Waals surface area contributed by atoms with E-state index < -0.39 is 0 Å². The van der Waals surface area contributed by atoms with Gasteiger partial charge in [-0.25, -0.2) is 0 Å². The summed E-state index contributed by atoms with van der Waals surface area (Å²) in [5.41, 5.74) is 2.80. The highest BCUT2D eigenvalue weighted by Crippen LogP contribution is 2.36. The minimum atomic E-state index is -0.277. The molecule has 0 saturated heterocycles. The number of methoxy groups -OCH3 is 1. The average molecular weight is 421 g/mol. The summed E-state index contributed by atoms with van der Waals surface area (Å²) in [5, 5.41) is 15.3. The second-order valence-corrected chi connectivity index (χ2v) is 7.18. The van der Waals surface area contributed by atoms with Crippen LogP contribution in [0.2, 0.25) is 5.02 Å². The van der Waals surface area contributed by atoms with Gasteiger partial charge < -0.3 is 25.2 Å². The summed E-state index contributed by atoms with van der Waals surface area (Å²) >= 11 is 6.36. The first-order valence-corrected chi connectivity index (χ1v) is 10.1. The van der Waals surface area contributed by atoms with Crippen LogP contribution < -0.4 is 20.1 Å². The fourth-order valence-electron chi connectivity index (χ4n) is 2.76. The molecule has 0 radical (unpaired) electrons. The molecular weight excluding hydrogens is 392 g/mol. The maximum absolute atomic E-state index is 12.2. The van der Waals surface area contributed by atoms with Gasteiger partial charge in [0.2, 0.25) is 0 Å². The van der Waals surface area contributed by atoms with Gasteiger partial charge in [0, 0.05) is 18.8 Å². The van der Waals surface area contributed by atoms with Crippen molar-refractivity contribution in [1.29, 1.82) is 0 Å². The van der Waals surface area contributed by atoms with Crippen molar-refractivity contribution in [2.45, 2.75) is 32.7 Å². The lowest BCUT2D eigenvalue weighted by Gasteiger charge is -2.14. The van der Waals surface area contributed by atoms with Gasteiger partial charge in [-0.2, -0.15) is 0 Å². The van der Waals surface area contributed by atoms with Crippen molar-refractivity contribution in [3.63, 3.8) is 0 Å². The standard InChI is InChI=1S/C22H29ClN2O4/c1-16-6-8-18(9-7-16)25-21(27)15-29-22-19(23)12-17(13-20(22)28-2)14-24-10-4-3-5-11-26/h6-9,12-13,24,26H,3-5,10-11,14-15H2,1-2H3,(H,25,27). The molecule has 29 heavy (non-hydrogen) atoms. The smallest absolute Gasteiger partial charge is 0.262 e. The second kappa shape index (κ2) is 12.3. The van der Waals surface area contributed by atoms with Gasteiger partial charge in [-0.05, 0) is 62.6 Å². The molecule has 0 heterocycles. The molecule has 0 aliphatic carbocycles. The van der Waals surface area contributed by atoms with Crippen molar-refractivity contribution in [1.82, 2.24) is 5.32 Å². The van der Waals surface area contributed by atoms with Crippen LogP contribution in [0.1, 0.15) is 30.4 Å². The first-order valence-electron chi connectivity index (χ1n) is 9.70. The van der Waals surface area contributed by atoms with Crippen LogP contribution >= 0.6 is 11.6 Å². The van der Waals surface area contributed by atoms with Gasteiger partial charge in [0.25, 0.3) is 5.91 Å². The van der Waals surface area contributed by atoms with Crippen LogP contribution in [0.5, 0.6) is 11.5 Å². The Morgan fingerprint density at radius 2 is 1.90 bits per heavy atom. The fourth-order valence-corrected chi connectivity index (χ4v) is 3.05. The van der Waals surface area contributed by atoms with E-state index in [1.54, 1.807) is 6.07 Å². The van der Waals surface area contributed by atoms with Crippen molar-refractivity contribution in [2.75, 3.05) is 32.2 Å². The van der Waals surface area contributed by atoms with E-state index in [2.05, 4.69) is 10.6 Å². The highest BCUT2D eigenvalue weighted by Gasteiger charge is 2.14. The number of anilines is 1. The number of amides is 1. The summed E-state index contributed by atoms with van der Waals surface area (Å²) in [6, 6.07) is 11.2. The Morgan fingerprint density at radius 1 is 1.14 bits per heavy atom. The molecule has 1 amide bonds. The molecule has 2 aromatic rings. The van der Waals surface area contributed by atoms with Gasteiger partial charge in [0.05, 0.1) is 12.1 Å².